The van der Waals surface area contributed by atoms with E-state index in [0.29, 0.717) is 5.13 Å². The van der Waals surface area contributed by atoms with Gasteiger partial charge < -0.3 is 5.73 Å². The van der Waals surface area contributed by atoms with Crippen molar-refractivity contribution in [2.45, 2.75) is 6.92 Å². The van der Waals surface area contributed by atoms with Gasteiger partial charge in [0.1, 0.15) is 0 Å². The maximum atomic E-state index is 5.54. The van der Waals surface area contributed by atoms with Gasteiger partial charge in [-0.05, 0) is 13.0 Å². The Morgan fingerprint density at radius 1 is 1.38 bits per heavy atom. The molecule has 0 aliphatic rings. The molecule has 0 aromatic carbocycles. The van der Waals surface area contributed by atoms with Crippen LogP contribution < -0.4 is 5.73 Å². The zero-order valence-electron chi connectivity index (χ0n) is 8.43. The molecule has 3 rings (SSSR count). The van der Waals surface area contributed by atoms with Crippen molar-refractivity contribution in [3.63, 3.8) is 0 Å². The first kappa shape index (κ1) is 9.22. The van der Waals surface area contributed by atoms with Crippen LogP contribution in [0.4, 0.5) is 5.13 Å². The summed E-state index contributed by atoms with van der Waals surface area (Å²) >= 11 is 1.34. The molecule has 0 aliphatic carbocycles. The van der Waals surface area contributed by atoms with Crippen LogP contribution in [-0.4, -0.2) is 25.4 Å². The first-order chi connectivity index (χ1) is 7.74. The van der Waals surface area contributed by atoms with E-state index >= 15 is 0 Å². The number of nitrogens with one attached hydrogen (secondary N) is 1. The van der Waals surface area contributed by atoms with Crippen molar-refractivity contribution < 1.29 is 0 Å². The van der Waals surface area contributed by atoms with Gasteiger partial charge in [-0.15, -0.1) is 10.2 Å². The molecule has 0 aliphatic heterocycles. The number of pyridine rings is 1. The van der Waals surface area contributed by atoms with Gasteiger partial charge in [-0.25, -0.2) is 4.98 Å². The molecule has 0 saturated carbocycles. The Bertz CT molecular complexity index is 655. The van der Waals surface area contributed by atoms with E-state index in [-0.39, 0.29) is 0 Å². The predicted molar refractivity (Wildman–Crippen MR) is 61.9 cm³/mol. The normalized spacial score (nSPS) is 11.1. The van der Waals surface area contributed by atoms with E-state index in [1.165, 1.54) is 11.3 Å². The molecule has 3 heterocycles. The van der Waals surface area contributed by atoms with Crippen LogP contribution in [0.3, 0.4) is 0 Å². The minimum absolute atomic E-state index is 0.457. The number of anilines is 1. The van der Waals surface area contributed by atoms with Crippen LogP contribution in [0, 0.1) is 6.92 Å². The second-order valence-corrected chi connectivity index (χ2v) is 4.38. The summed E-state index contributed by atoms with van der Waals surface area (Å²) in [5, 5.41) is 16.9. The van der Waals surface area contributed by atoms with Gasteiger partial charge >= 0.3 is 0 Å². The molecule has 0 radical (unpaired) electrons. The third kappa shape index (κ3) is 1.33. The largest absolute Gasteiger partial charge is 0.374 e. The lowest BCUT2D eigenvalue weighted by Gasteiger charge is -1.94. The number of H-pyrrole nitrogens is 1. The van der Waals surface area contributed by atoms with Crippen molar-refractivity contribution in [2.75, 3.05) is 5.73 Å². The summed E-state index contributed by atoms with van der Waals surface area (Å²) in [4.78, 5) is 4.27. The third-order valence-corrected chi connectivity index (χ3v) is 3.10. The second kappa shape index (κ2) is 3.24. The molecule has 0 spiro atoms. The molecule has 0 bridgehead atoms. The molecule has 0 amide bonds. The minimum atomic E-state index is 0.457. The molecular weight excluding hydrogens is 224 g/mol. The highest BCUT2D eigenvalue weighted by molar-refractivity contribution is 7.18. The van der Waals surface area contributed by atoms with Gasteiger partial charge in [0.25, 0.3) is 0 Å². The summed E-state index contributed by atoms with van der Waals surface area (Å²) in [5.41, 5.74) is 8.15. The number of aromatic nitrogens is 5. The topological polar surface area (TPSA) is 93.4 Å². The first-order valence-corrected chi connectivity index (χ1v) is 5.46. The van der Waals surface area contributed by atoms with E-state index in [9.17, 15) is 0 Å². The Labute approximate surface area is 94.5 Å². The average Bonchev–Trinajstić information content (AvgIpc) is 2.86. The van der Waals surface area contributed by atoms with Gasteiger partial charge in [0, 0.05) is 17.1 Å². The van der Waals surface area contributed by atoms with Gasteiger partial charge in [0.2, 0.25) is 5.13 Å². The maximum Gasteiger partial charge on any atom is 0.203 e. The first-order valence-electron chi connectivity index (χ1n) is 4.64. The SMILES string of the molecule is Cc1n[nH]c2ncc(-c3nnc(N)s3)cc12. The second-order valence-electron chi connectivity index (χ2n) is 3.37. The third-order valence-electron chi connectivity index (χ3n) is 2.29. The Morgan fingerprint density at radius 2 is 2.25 bits per heavy atom. The van der Waals surface area contributed by atoms with Crippen molar-refractivity contribution >= 4 is 27.5 Å². The fourth-order valence-corrected chi connectivity index (χ4v) is 2.09. The zero-order valence-corrected chi connectivity index (χ0v) is 9.25. The number of nitrogens with two attached hydrogens (primary N) is 1. The van der Waals surface area contributed by atoms with Crippen molar-refractivity contribution in [1.82, 2.24) is 25.4 Å². The maximum absolute atomic E-state index is 5.54. The Hall–Kier alpha value is -2.02. The summed E-state index contributed by atoms with van der Waals surface area (Å²) < 4.78 is 0. The number of rotatable bonds is 1. The lowest BCUT2D eigenvalue weighted by Crippen LogP contribution is -1.82. The van der Waals surface area contributed by atoms with Gasteiger partial charge in [0.15, 0.2) is 10.7 Å². The molecule has 0 unspecified atom stereocenters. The summed E-state index contributed by atoms with van der Waals surface area (Å²) in [6.45, 7) is 1.93. The van der Waals surface area contributed by atoms with Gasteiger partial charge in [-0.3, -0.25) is 5.10 Å². The highest BCUT2D eigenvalue weighted by Crippen LogP contribution is 2.26. The quantitative estimate of drug-likeness (QED) is 0.660. The van der Waals surface area contributed by atoms with E-state index in [1.807, 2.05) is 13.0 Å². The fourth-order valence-electron chi connectivity index (χ4n) is 1.49. The minimum Gasteiger partial charge on any atom is -0.374 e. The average molecular weight is 232 g/mol. The lowest BCUT2D eigenvalue weighted by molar-refractivity contribution is 1.05. The van der Waals surface area contributed by atoms with Crippen LogP contribution in [0.2, 0.25) is 0 Å². The number of hydrogen-bond donors (Lipinski definition) is 2. The number of nitrogens with zero attached hydrogens (tertiary/aromatic N) is 4. The number of hydrogen-bond acceptors (Lipinski definition) is 6. The smallest absolute Gasteiger partial charge is 0.203 e. The summed E-state index contributed by atoms with van der Waals surface area (Å²) in [5.74, 6) is 0. The van der Waals surface area contributed by atoms with Crippen LogP contribution in [0.15, 0.2) is 12.3 Å². The van der Waals surface area contributed by atoms with Crippen LogP contribution in [-0.2, 0) is 0 Å². The Balaban J connectivity index is 2.21. The number of aromatic amines is 1. The van der Waals surface area contributed by atoms with Crippen LogP contribution >= 0.6 is 11.3 Å². The molecule has 0 saturated heterocycles. The molecule has 6 nitrogen and oxygen atoms in total. The highest BCUT2D eigenvalue weighted by atomic mass is 32.1. The van der Waals surface area contributed by atoms with E-state index < -0.39 is 0 Å². The van der Waals surface area contributed by atoms with E-state index in [0.717, 1.165) is 27.3 Å². The fraction of sp³-hybridized carbons (Fsp3) is 0.111. The molecule has 80 valence electrons. The van der Waals surface area contributed by atoms with Crippen molar-refractivity contribution in [3.8, 4) is 10.6 Å². The van der Waals surface area contributed by atoms with Crippen LogP contribution in [0.1, 0.15) is 5.69 Å². The highest BCUT2D eigenvalue weighted by Gasteiger charge is 2.08. The standard InChI is InChI=1S/C9H8N6S/c1-4-6-2-5(3-11-7(6)13-12-4)8-14-15-9(10)16-8/h2-3H,1H3,(H2,10,15)(H,11,12,13). The monoisotopic (exact) mass is 232 g/mol. The van der Waals surface area contributed by atoms with Gasteiger partial charge in [-0.1, -0.05) is 11.3 Å². The molecule has 3 aromatic rings. The van der Waals surface area contributed by atoms with E-state index in [4.69, 9.17) is 5.73 Å². The van der Waals surface area contributed by atoms with Gasteiger partial charge in [0.05, 0.1) is 5.69 Å². The van der Waals surface area contributed by atoms with Crippen molar-refractivity contribution in [1.29, 1.82) is 0 Å². The summed E-state index contributed by atoms with van der Waals surface area (Å²) in [7, 11) is 0. The van der Waals surface area contributed by atoms with Crippen LogP contribution in [0.25, 0.3) is 21.6 Å². The number of fused-ring (bicyclic) bond motifs is 1. The molecule has 7 heteroatoms. The lowest BCUT2D eigenvalue weighted by atomic mass is 10.2. The number of nitrogen functional groups attached to an aromatic ring is 1. The van der Waals surface area contributed by atoms with E-state index in [1.54, 1.807) is 6.20 Å². The van der Waals surface area contributed by atoms with Crippen molar-refractivity contribution in [3.05, 3.63) is 18.0 Å². The zero-order chi connectivity index (χ0) is 11.1. The molecule has 0 fully saturated rings. The van der Waals surface area contributed by atoms with Crippen LogP contribution in [0.5, 0.6) is 0 Å². The Kier molecular flexibility index (Phi) is 1.87. The summed E-state index contributed by atoms with van der Waals surface area (Å²) in [6.07, 6.45) is 1.74. The predicted octanol–water partition coefficient (Wildman–Crippen LogP) is 1.37. The molecule has 3 N–H and O–H groups in total. The molecular formula is C9H8N6S. The summed E-state index contributed by atoms with van der Waals surface area (Å²) in [6, 6.07) is 1.99. The van der Waals surface area contributed by atoms with E-state index in [2.05, 4.69) is 25.4 Å². The Morgan fingerprint density at radius 3 is 3.00 bits per heavy atom. The number of aryl methyl sites for hydroxylation is 1. The van der Waals surface area contributed by atoms with Crippen molar-refractivity contribution in [2.24, 2.45) is 0 Å². The van der Waals surface area contributed by atoms with Gasteiger partial charge in [-0.2, -0.15) is 5.10 Å². The molecule has 16 heavy (non-hydrogen) atoms. The molecule has 3 aromatic heterocycles. The molecule has 0 atom stereocenters.